The fraction of sp³-hybridized carbons (Fsp3) is 0.526. The molecular weight excluding hydrogens is 343 g/mol. The summed E-state index contributed by atoms with van der Waals surface area (Å²) in [5.41, 5.74) is 2.03. The number of alkyl halides is 3. The van der Waals surface area contributed by atoms with Gasteiger partial charge in [-0.3, -0.25) is 4.90 Å². The van der Waals surface area contributed by atoms with Crippen molar-refractivity contribution in [3.05, 3.63) is 47.5 Å². The third-order valence-electron chi connectivity index (χ3n) is 5.08. The number of hydrogen-bond acceptors (Lipinski definition) is 3. The second kappa shape index (κ2) is 6.61. The van der Waals surface area contributed by atoms with Crippen molar-refractivity contribution in [3.8, 4) is 5.75 Å². The molecule has 140 valence electrons. The van der Waals surface area contributed by atoms with Crippen LogP contribution < -0.4 is 4.74 Å². The van der Waals surface area contributed by atoms with E-state index in [9.17, 15) is 13.2 Å². The monoisotopic (exact) mass is 365 g/mol. The molecule has 0 radical (unpaired) electrons. The lowest BCUT2D eigenvalue weighted by Gasteiger charge is -2.39. The van der Waals surface area contributed by atoms with Crippen molar-refractivity contribution in [2.24, 2.45) is 5.92 Å². The number of rotatable bonds is 6. The standard InChI is InChI=1S/C19H22F3N3O/c1-13-8-23-18(25(13)10-14-5-6-14)16-11-24(12-16)9-15-3-2-4-17(7-15)26-19(20,21)22/h2-4,7-8,14,16H,5-6,9-12H2,1H3. The fourth-order valence-electron chi connectivity index (χ4n) is 3.56. The van der Waals surface area contributed by atoms with E-state index in [2.05, 4.69) is 26.1 Å². The first-order valence-electron chi connectivity index (χ1n) is 8.96. The smallest absolute Gasteiger partial charge is 0.406 e. The maximum atomic E-state index is 12.3. The lowest BCUT2D eigenvalue weighted by atomic mass is 9.98. The van der Waals surface area contributed by atoms with E-state index in [1.165, 1.54) is 30.7 Å². The van der Waals surface area contributed by atoms with Gasteiger partial charge in [0.05, 0.1) is 0 Å². The minimum Gasteiger partial charge on any atom is -0.406 e. The Hall–Kier alpha value is -2.02. The van der Waals surface area contributed by atoms with Crippen LogP contribution in [0.25, 0.3) is 0 Å². The summed E-state index contributed by atoms with van der Waals surface area (Å²) in [6.07, 6.45) is -0.0936. The SMILES string of the molecule is Cc1cnc(C2CN(Cc3cccc(OC(F)(F)F)c3)C2)n1CC1CC1. The Balaban J connectivity index is 1.35. The number of ether oxygens (including phenoxy) is 1. The molecular formula is C19H22F3N3O. The van der Waals surface area contributed by atoms with E-state index >= 15 is 0 Å². The van der Waals surface area contributed by atoms with Crippen molar-refractivity contribution >= 4 is 0 Å². The van der Waals surface area contributed by atoms with Crippen molar-refractivity contribution in [1.29, 1.82) is 0 Å². The summed E-state index contributed by atoms with van der Waals surface area (Å²) >= 11 is 0. The molecule has 0 bridgehead atoms. The number of aromatic nitrogens is 2. The number of halogens is 3. The maximum absolute atomic E-state index is 12.3. The van der Waals surface area contributed by atoms with E-state index < -0.39 is 6.36 Å². The highest BCUT2D eigenvalue weighted by Crippen LogP contribution is 2.34. The molecule has 26 heavy (non-hydrogen) atoms. The molecule has 7 heteroatoms. The molecule has 1 saturated carbocycles. The normalized spacial score (nSPS) is 18.8. The van der Waals surface area contributed by atoms with Crippen LogP contribution in [0.15, 0.2) is 30.5 Å². The molecule has 4 nitrogen and oxygen atoms in total. The van der Waals surface area contributed by atoms with Gasteiger partial charge in [-0.25, -0.2) is 4.98 Å². The fourth-order valence-corrected chi connectivity index (χ4v) is 3.56. The number of nitrogens with zero attached hydrogens (tertiary/aromatic N) is 3. The number of aryl methyl sites for hydroxylation is 1. The van der Waals surface area contributed by atoms with Gasteiger partial charge >= 0.3 is 6.36 Å². The zero-order chi connectivity index (χ0) is 18.3. The Kier molecular flexibility index (Phi) is 4.42. The molecule has 0 unspecified atom stereocenters. The second-order valence-electron chi connectivity index (χ2n) is 7.40. The van der Waals surface area contributed by atoms with Crippen molar-refractivity contribution in [2.45, 2.75) is 45.1 Å². The van der Waals surface area contributed by atoms with Gasteiger partial charge in [0.15, 0.2) is 0 Å². The number of likely N-dealkylation sites (tertiary alicyclic amines) is 1. The Morgan fingerprint density at radius 1 is 1.23 bits per heavy atom. The third kappa shape index (κ3) is 4.03. The van der Waals surface area contributed by atoms with Crippen LogP contribution in [-0.4, -0.2) is 33.9 Å². The van der Waals surface area contributed by atoms with E-state index in [0.29, 0.717) is 12.5 Å². The highest BCUT2D eigenvalue weighted by molar-refractivity contribution is 5.29. The molecule has 2 heterocycles. The minimum absolute atomic E-state index is 0.164. The molecule has 2 fully saturated rings. The number of hydrogen-bond donors (Lipinski definition) is 0. The largest absolute Gasteiger partial charge is 0.573 e. The molecule has 4 rings (SSSR count). The predicted octanol–water partition coefficient (Wildman–Crippen LogP) is 4.10. The van der Waals surface area contributed by atoms with Gasteiger partial charge in [0.1, 0.15) is 11.6 Å². The van der Waals surface area contributed by atoms with Crippen LogP contribution in [0.1, 0.15) is 35.8 Å². The summed E-state index contributed by atoms with van der Waals surface area (Å²) in [4.78, 5) is 6.83. The zero-order valence-electron chi connectivity index (χ0n) is 14.7. The molecule has 0 spiro atoms. The lowest BCUT2D eigenvalue weighted by Crippen LogP contribution is -2.45. The van der Waals surface area contributed by atoms with Crippen molar-refractivity contribution < 1.29 is 17.9 Å². The molecule has 1 aromatic heterocycles. The van der Waals surface area contributed by atoms with Crippen molar-refractivity contribution in [1.82, 2.24) is 14.5 Å². The highest BCUT2D eigenvalue weighted by Gasteiger charge is 2.34. The van der Waals surface area contributed by atoms with Crippen LogP contribution in [0.5, 0.6) is 5.75 Å². The van der Waals surface area contributed by atoms with E-state index in [0.717, 1.165) is 36.9 Å². The van der Waals surface area contributed by atoms with Gasteiger partial charge in [0.25, 0.3) is 0 Å². The van der Waals surface area contributed by atoms with Gasteiger partial charge in [0.2, 0.25) is 0 Å². The molecule has 1 aliphatic heterocycles. The van der Waals surface area contributed by atoms with E-state index in [4.69, 9.17) is 0 Å². The Bertz CT molecular complexity index is 777. The summed E-state index contributed by atoms with van der Waals surface area (Å²) in [6, 6.07) is 6.21. The van der Waals surface area contributed by atoms with Crippen LogP contribution in [0.2, 0.25) is 0 Å². The molecule has 1 aliphatic carbocycles. The van der Waals surface area contributed by atoms with Crippen LogP contribution in [-0.2, 0) is 13.1 Å². The summed E-state index contributed by atoms with van der Waals surface area (Å²) in [5.74, 6) is 2.19. The minimum atomic E-state index is -4.66. The average Bonchev–Trinajstić information content (AvgIpc) is 3.26. The first-order chi connectivity index (χ1) is 12.4. The van der Waals surface area contributed by atoms with Gasteiger partial charge in [-0.15, -0.1) is 13.2 Å². The second-order valence-corrected chi connectivity index (χ2v) is 7.40. The molecule has 2 aliphatic rings. The summed E-state index contributed by atoms with van der Waals surface area (Å²) in [7, 11) is 0. The topological polar surface area (TPSA) is 30.3 Å². The van der Waals surface area contributed by atoms with E-state index in [1.807, 2.05) is 12.3 Å². The maximum Gasteiger partial charge on any atom is 0.573 e. The Labute approximate surface area is 150 Å². The first kappa shape index (κ1) is 17.4. The molecule has 0 N–H and O–H groups in total. The highest BCUT2D eigenvalue weighted by atomic mass is 19.4. The molecule has 0 atom stereocenters. The van der Waals surface area contributed by atoms with E-state index in [-0.39, 0.29) is 5.75 Å². The molecule has 0 amide bonds. The van der Waals surface area contributed by atoms with Crippen LogP contribution in [0.3, 0.4) is 0 Å². The quantitative estimate of drug-likeness (QED) is 0.772. The van der Waals surface area contributed by atoms with Gasteiger partial charge < -0.3 is 9.30 Å². The summed E-state index contributed by atoms with van der Waals surface area (Å²) < 4.78 is 43.4. The van der Waals surface area contributed by atoms with Crippen LogP contribution in [0.4, 0.5) is 13.2 Å². The zero-order valence-corrected chi connectivity index (χ0v) is 14.7. The average molecular weight is 365 g/mol. The predicted molar refractivity (Wildman–Crippen MR) is 90.8 cm³/mol. The summed E-state index contributed by atoms with van der Waals surface area (Å²) in [5, 5.41) is 0. The lowest BCUT2D eigenvalue weighted by molar-refractivity contribution is -0.274. The molecule has 1 saturated heterocycles. The number of imidazole rings is 1. The van der Waals surface area contributed by atoms with Crippen LogP contribution in [0, 0.1) is 12.8 Å². The Morgan fingerprint density at radius 3 is 2.69 bits per heavy atom. The van der Waals surface area contributed by atoms with Crippen LogP contribution >= 0.6 is 0 Å². The number of benzene rings is 1. The van der Waals surface area contributed by atoms with Gasteiger partial charge in [0, 0.05) is 44.0 Å². The van der Waals surface area contributed by atoms with E-state index in [1.54, 1.807) is 6.07 Å². The van der Waals surface area contributed by atoms with Gasteiger partial charge in [-0.2, -0.15) is 0 Å². The Morgan fingerprint density at radius 2 is 2.00 bits per heavy atom. The molecule has 2 aromatic rings. The van der Waals surface area contributed by atoms with Crippen molar-refractivity contribution in [2.75, 3.05) is 13.1 Å². The summed E-state index contributed by atoms with van der Waals surface area (Å²) in [6.45, 7) is 5.54. The third-order valence-corrected chi connectivity index (χ3v) is 5.08. The van der Waals surface area contributed by atoms with Gasteiger partial charge in [-0.1, -0.05) is 12.1 Å². The van der Waals surface area contributed by atoms with Gasteiger partial charge in [-0.05, 0) is 43.4 Å². The van der Waals surface area contributed by atoms with Crippen molar-refractivity contribution in [3.63, 3.8) is 0 Å². The molecule has 1 aromatic carbocycles. The first-order valence-corrected chi connectivity index (χ1v) is 8.96.